The summed E-state index contributed by atoms with van der Waals surface area (Å²) in [6.07, 6.45) is 8.72. The van der Waals surface area contributed by atoms with Gasteiger partial charge in [0.1, 0.15) is 5.82 Å². The molecule has 0 bridgehead atoms. The van der Waals surface area contributed by atoms with Gasteiger partial charge in [0.05, 0.1) is 6.04 Å². The van der Waals surface area contributed by atoms with Gasteiger partial charge in [-0.1, -0.05) is 12.2 Å². The van der Waals surface area contributed by atoms with Crippen molar-refractivity contribution in [2.75, 3.05) is 0 Å². The van der Waals surface area contributed by atoms with Gasteiger partial charge in [0.2, 0.25) is 0 Å². The van der Waals surface area contributed by atoms with Crippen molar-refractivity contribution in [1.82, 2.24) is 19.7 Å². The van der Waals surface area contributed by atoms with Crippen LogP contribution in [0.3, 0.4) is 0 Å². The Morgan fingerprint density at radius 1 is 1.24 bits per heavy atom. The van der Waals surface area contributed by atoms with Gasteiger partial charge < -0.3 is 0 Å². The molecule has 0 N–H and O–H groups in total. The van der Waals surface area contributed by atoms with Crippen molar-refractivity contribution < 1.29 is 0 Å². The quantitative estimate of drug-likeness (QED) is 0.575. The Kier molecular flexibility index (Phi) is 5.09. The first kappa shape index (κ1) is 14.8. The van der Waals surface area contributed by atoms with Gasteiger partial charge in [-0.2, -0.15) is 5.11 Å². The van der Waals surface area contributed by atoms with Crippen molar-refractivity contribution in [2.24, 2.45) is 10.2 Å². The zero-order valence-electron chi connectivity index (χ0n) is 12.1. The Balaban J connectivity index is 2.10. The normalized spacial score (nSPS) is 11.1. The molecular formula is C15H18N6. The van der Waals surface area contributed by atoms with E-state index in [2.05, 4.69) is 38.6 Å². The highest BCUT2D eigenvalue weighted by Gasteiger charge is 2.04. The SMILES string of the molecule is C=CCC(CC=C)N=Nc1ccc(-n2ccnc2C)nn1. The molecule has 2 heterocycles. The van der Waals surface area contributed by atoms with Crippen LogP contribution in [0.15, 0.2) is 60.1 Å². The minimum atomic E-state index is 0.0531. The van der Waals surface area contributed by atoms with Gasteiger partial charge in [-0.3, -0.25) is 4.57 Å². The zero-order valence-corrected chi connectivity index (χ0v) is 12.1. The smallest absolute Gasteiger partial charge is 0.196 e. The molecule has 0 aliphatic rings. The summed E-state index contributed by atoms with van der Waals surface area (Å²) in [6, 6.07) is 3.67. The monoisotopic (exact) mass is 282 g/mol. The van der Waals surface area contributed by atoms with E-state index in [1.165, 1.54) is 0 Å². The average molecular weight is 282 g/mol. The summed E-state index contributed by atoms with van der Waals surface area (Å²) in [5, 5.41) is 16.6. The minimum Gasteiger partial charge on any atom is -0.287 e. The fraction of sp³-hybridized carbons (Fsp3) is 0.267. The van der Waals surface area contributed by atoms with E-state index >= 15 is 0 Å². The molecule has 0 amide bonds. The van der Waals surface area contributed by atoms with E-state index in [0.29, 0.717) is 11.6 Å². The maximum Gasteiger partial charge on any atom is 0.196 e. The molecule has 0 spiro atoms. The number of aromatic nitrogens is 4. The van der Waals surface area contributed by atoms with Crippen molar-refractivity contribution >= 4 is 5.82 Å². The lowest BCUT2D eigenvalue weighted by Crippen LogP contribution is -2.01. The molecule has 2 rings (SSSR count). The molecule has 6 heteroatoms. The Bertz CT molecular complexity index is 616. The van der Waals surface area contributed by atoms with E-state index in [-0.39, 0.29) is 6.04 Å². The van der Waals surface area contributed by atoms with E-state index in [1.807, 2.05) is 35.9 Å². The molecule has 2 aromatic heterocycles. The number of aryl methyl sites for hydroxylation is 1. The first-order valence-corrected chi connectivity index (χ1v) is 6.71. The van der Waals surface area contributed by atoms with Crippen molar-refractivity contribution in [1.29, 1.82) is 0 Å². The highest BCUT2D eigenvalue weighted by atomic mass is 15.3. The molecule has 0 unspecified atom stereocenters. The molecule has 0 saturated heterocycles. The predicted octanol–water partition coefficient (Wildman–Crippen LogP) is 3.58. The van der Waals surface area contributed by atoms with E-state index in [9.17, 15) is 0 Å². The number of rotatable bonds is 7. The van der Waals surface area contributed by atoms with Crippen LogP contribution in [0.25, 0.3) is 5.82 Å². The van der Waals surface area contributed by atoms with Crippen LogP contribution in [0.5, 0.6) is 0 Å². The van der Waals surface area contributed by atoms with Crippen molar-refractivity contribution in [2.45, 2.75) is 25.8 Å². The maximum atomic E-state index is 4.24. The van der Waals surface area contributed by atoms with Gasteiger partial charge in [0.25, 0.3) is 0 Å². The third kappa shape index (κ3) is 3.92. The average Bonchev–Trinajstić information content (AvgIpc) is 2.92. The van der Waals surface area contributed by atoms with Crippen LogP contribution >= 0.6 is 0 Å². The molecule has 0 saturated carbocycles. The van der Waals surface area contributed by atoms with Gasteiger partial charge >= 0.3 is 0 Å². The topological polar surface area (TPSA) is 68.3 Å². The third-order valence-electron chi connectivity index (χ3n) is 2.91. The Morgan fingerprint density at radius 3 is 2.52 bits per heavy atom. The van der Waals surface area contributed by atoms with Crippen molar-refractivity contribution in [3.8, 4) is 5.82 Å². The first-order chi connectivity index (χ1) is 10.2. The van der Waals surface area contributed by atoms with E-state index < -0.39 is 0 Å². The van der Waals surface area contributed by atoms with E-state index in [1.54, 1.807) is 12.3 Å². The Hall–Kier alpha value is -2.63. The van der Waals surface area contributed by atoms with Crippen LogP contribution in [0.1, 0.15) is 18.7 Å². The summed E-state index contributed by atoms with van der Waals surface area (Å²) in [5.41, 5.74) is 0. The molecule has 0 fully saturated rings. The minimum absolute atomic E-state index is 0.0531. The number of azo groups is 1. The van der Waals surface area contributed by atoms with Crippen LogP contribution < -0.4 is 0 Å². The van der Waals surface area contributed by atoms with Gasteiger partial charge in [-0.05, 0) is 31.9 Å². The summed E-state index contributed by atoms with van der Waals surface area (Å²) in [6.45, 7) is 9.33. The number of hydrogen-bond acceptors (Lipinski definition) is 5. The second kappa shape index (κ2) is 7.23. The molecule has 0 atom stereocenters. The highest BCUT2D eigenvalue weighted by molar-refractivity contribution is 5.31. The Labute approximate surface area is 124 Å². The van der Waals surface area contributed by atoms with Crippen LogP contribution in [0, 0.1) is 6.92 Å². The summed E-state index contributed by atoms with van der Waals surface area (Å²) < 4.78 is 1.85. The molecular weight excluding hydrogens is 264 g/mol. The second-order valence-electron chi connectivity index (χ2n) is 4.51. The lowest BCUT2D eigenvalue weighted by molar-refractivity contribution is 0.659. The van der Waals surface area contributed by atoms with Gasteiger partial charge in [-0.25, -0.2) is 4.98 Å². The summed E-state index contributed by atoms with van der Waals surface area (Å²) in [4.78, 5) is 4.15. The van der Waals surface area contributed by atoms with Crippen molar-refractivity contribution in [3.05, 3.63) is 55.7 Å². The molecule has 6 nitrogen and oxygen atoms in total. The van der Waals surface area contributed by atoms with Crippen LogP contribution in [0.4, 0.5) is 5.82 Å². The number of imidazole rings is 1. The predicted molar refractivity (Wildman–Crippen MR) is 81.8 cm³/mol. The largest absolute Gasteiger partial charge is 0.287 e. The molecule has 0 aliphatic heterocycles. The standard InChI is InChI=1S/C15H18N6/c1-4-6-13(7-5-2)17-18-14-8-9-15(20-19-14)21-11-10-16-12(21)3/h4-5,8-11,13H,1-2,6-7H2,3H3. The lowest BCUT2D eigenvalue weighted by Gasteiger charge is -2.05. The van der Waals surface area contributed by atoms with E-state index in [4.69, 9.17) is 0 Å². The van der Waals surface area contributed by atoms with E-state index in [0.717, 1.165) is 18.7 Å². The Morgan fingerprint density at radius 2 is 2.00 bits per heavy atom. The molecule has 2 aromatic rings. The van der Waals surface area contributed by atoms with Crippen molar-refractivity contribution in [3.63, 3.8) is 0 Å². The highest BCUT2D eigenvalue weighted by Crippen LogP contribution is 2.14. The molecule has 0 aromatic carbocycles. The van der Waals surface area contributed by atoms with Gasteiger partial charge in [-0.15, -0.1) is 28.5 Å². The maximum absolute atomic E-state index is 4.24. The summed E-state index contributed by atoms with van der Waals surface area (Å²) in [5.74, 6) is 2.04. The molecule has 108 valence electrons. The first-order valence-electron chi connectivity index (χ1n) is 6.71. The summed E-state index contributed by atoms with van der Waals surface area (Å²) >= 11 is 0. The van der Waals surface area contributed by atoms with Crippen LogP contribution in [0.2, 0.25) is 0 Å². The molecule has 0 radical (unpaired) electrons. The fourth-order valence-electron chi connectivity index (χ4n) is 1.84. The fourth-order valence-corrected chi connectivity index (χ4v) is 1.84. The van der Waals surface area contributed by atoms with Gasteiger partial charge in [0, 0.05) is 12.4 Å². The van der Waals surface area contributed by atoms with Crippen LogP contribution in [-0.4, -0.2) is 25.8 Å². The second-order valence-corrected chi connectivity index (χ2v) is 4.51. The zero-order chi connectivity index (χ0) is 15.1. The molecule has 0 aliphatic carbocycles. The number of hydrogen-bond donors (Lipinski definition) is 0. The molecule has 21 heavy (non-hydrogen) atoms. The van der Waals surface area contributed by atoms with Crippen LogP contribution in [-0.2, 0) is 0 Å². The summed E-state index contributed by atoms with van der Waals surface area (Å²) in [7, 11) is 0. The number of nitrogens with zero attached hydrogens (tertiary/aromatic N) is 6. The lowest BCUT2D eigenvalue weighted by atomic mass is 10.1. The third-order valence-corrected chi connectivity index (χ3v) is 2.91. The van der Waals surface area contributed by atoms with Gasteiger partial charge in [0.15, 0.2) is 11.6 Å².